The van der Waals surface area contributed by atoms with Gasteiger partial charge in [0.15, 0.2) is 0 Å². The van der Waals surface area contributed by atoms with E-state index in [1.54, 1.807) is 0 Å². The molecule has 1 aromatic heterocycles. The van der Waals surface area contributed by atoms with Crippen LogP contribution in [0.4, 0.5) is 0 Å². The number of nitrogens with two attached hydrogens (primary N) is 2. The van der Waals surface area contributed by atoms with Crippen LogP contribution in [-0.2, 0) is 6.54 Å². The standard InChI is InChI=1S/C10H14N6O3/c1-3-4-16-8(18)6(7(17)13-10(16)19)5(2)14-15-9(11)12/h3,18H,1,4H2,2H3,(H4,11,12,15)(H,13,17,19). The number of aromatic nitrogens is 2. The molecular weight excluding hydrogens is 252 g/mol. The van der Waals surface area contributed by atoms with Crippen LogP contribution < -0.4 is 22.7 Å². The minimum absolute atomic E-state index is 0.0318. The lowest BCUT2D eigenvalue weighted by Crippen LogP contribution is -2.33. The van der Waals surface area contributed by atoms with Gasteiger partial charge in [0.05, 0.1) is 5.71 Å². The number of aromatic amines is 1. The van der Waals surface area contributed by atoms with Gasteiger partial charge < -0.3 is 16.6 Å². The third-order valence-corrected chi connectivity index (χ3v) is 2.16. The first-order chi connectivity index (χ1) is 8.88. The van der Waals surface area contributed by atoms with Gasteiger partial charge in [-0.2, -0.15) is 5.10 Å². The molecule has 0 saturated heterocycles. The Labute approximate surface area is 107 Å². The fraction of sp³-hybridized carbons (Fsp3) is 0.200. The summed E-state index contributed by atoms with van der Waals surface area (Å²) >= 11 is 0. The maximum absolute atomic E-state index is 11.7. The highest BCUT2D eigenvalue weighted by atomic mass is 16.3. The van der Waals surface area contributed by atoms with Gasteiger partial charge in [-0.25, -0.2) is 4.79 Å². The fourth-order valence-corrected chi connectivity index (χ4v) is 1.37. The van der Waals surface area contributed by atoms with Crippen LogP contribution in [0, 0.1) is 0 Å². The first-order valence-electron chi connectivity index (χ1n) is 5.19. The number of hydrogen-bond acceptors (Lipinski definition) is 5. The van der Waals surface area contributed by atoms with Crippen LogP contribution in [0.5, 0.6) is 5.88 Å². The van der Waals surface area contributed by atoms with E-state index in [0.717, 1.165) is 4.57 Å². The lowest BCUT2D eigenvalue weighted by Gasteiger charge is -2.08. The molecule has 0 aliphatic carbocycles. The Morgan fingerprint density at radius 2 is 2.11 bits per heavy atom. The summed E-state index contributed by atoms with van der Waals surface area (Å²) in [6.07, 6.45) is 1.39. The van der Waals surface area contributed by atoms with E-state index < -0.39 is 17.1 Å². The lowest BCUT2D eigenvalue weighted by atomic mass is 10.2. The highest BCUT2D eigenvalue weighted by Crippen LogP contribution is 2.11. The molecule has 9 heteroatoms. The van der Waals surface area contributed by atoms with Crippen LogP contribution in [0.25, 0.3) is 0 Å². The van der Waals surface area contributed by atoms with Crippen LogP contribution in [0.15, 0.2) is 32.4 Å². The molecule has 9 nitrogen and oxygen atoms in total. The van der Waals surface area contributed by atoms with Crippen molar-refractivity contribution in [1.82, 2.24) is 9.55 Å². The highest BCUT2D eigenvalue weighted by Gasteiger charge is 2.16. The van der Waals surface area contributed by atoms with Crippen LogP contribution in [0.1, 0.15) is 12.5 Å². The Balaban J connectivity index is 3.52. The number of allylic oxidation sites excluding steroid dienone is 1. The van der Waals surface area contributed by atoms with Gasteiger partial charge in [-0.05, 0) is 6.92 Å². The van der Waals surface area contributed by atoms with Crippen molar-refractivity contribution in [3.05, 3.63) is 39.1 Å². The number of H-pyrrole nitrogens is 1. The molecule has 0 aliphatic rings. The Hall–Kier alpha value is -2.84. The fourth-order valence-electron chi connectivity index (χ4n) is 1.37. The van der Waals surface area contributed by atoms with E-state index >= 15 is 0 Å². The summed E-state index contributed by atoms with van der Waals surface area (Å²) in [7, 11) is 0. The van der Waals surface area contributed by atoms with E-state index in [-0.39, 0.29) is 23.8 Å². The molecule has 0 bridgehead atoms. The van der Waals surface area contributed by atoms with Crippen molar-refractivity contribution < 1.29 is 5.11 Å². The van der Waals surface area contributed by atoms with Crippen molar-refractivity contribution in [2.75, 3.05) is 0 Å². The minimum atomic E-state index is -0.783. The van der Waals surface area contributed by atoms with Crippen molar-refractivity contribution in [3.8, 4) is 5.88 Å². The van der Waals surface area contributed by atoms with Gasteiger partial charge >= 0.3 is 5.69 Å². The summed E-state index contributed by atoms with van der Waals surface area (Å²) in [5.41, 5.74) is 8.54. The number of aromatic hydroxyl groups is 1. The molecule has 0 amide bonds. The van der Waals surface area contributed by atoms with Gasteiger partial charge in [0.25, 0.3) is 5.56 Å². The van der Waals surface area contributed by atoms with Gasteiger partial charge in [-0.15, -0.1) is 11.7 Å². The maximum atomic E-state index is 11.7. The summed E-state index contributed by atoms with van der Waals surface area (Å²) < 4.78 is 0.929. The van der Waals surface area contributed by atoms with Crippen LogP contribution in [-0.4, -0.2) is 26.3 Å². The molecule has 1 aromatic rings. The van der Waals surface area contributed by atoms with E-state index in [1.807, 2.05) is 0 Å². The van der Waals surface area contributed by atoms with Gasteiger partial charge in [0, 0.05) is 6.54 Å². The normalized spacial score (nSPS) is 11.1. The maximum Gasteiger partial charge on any atom is 0.331 e. The van der Waals surface area contributed by atoms with Gasteiger partial charge in [0.2, 0.25) is 11.8 Å². The zero-order valence-corrected chi connectivity index (χ0v) is 10.3. The second-order valence-corrected chi connectivity index (χ2v) is 3.57. The Bertz CT molecular complexity index is 663. The highest BCUT2D eigenvalue weighted by molar-refractivity contribution is 6.00. The van der Waals surface area contributed by atoms with Crippen molar-refractivity contribution in [1.29, 1.82) is 0 Å². The summed E-state index contributed by atoms with van der Waals surface area (Å²) in [5, 5.41) is 16.9. The van der Waals surface area contributed by atoms with Gasteiger partial charge in [-0.3, -0.25) is 14.3 Å². The van der Waals surface area contributed by atoms with Crippen LogP contribution in [0.3, 0.4) is 0 Å². The molecule has 6 N–H and O–H groups in total. The van der Waals surface area contributed by atoms with Crippen LogP contribution in [0.2, 0.25) is 0 Å². The van der Waals surface area contributed by atoms with E-state index in [1.165, 1.54) is 13.0 Å². The van der Waals surface area contributed by atoms with Crippen molar-refractivity contribution in [2.24, 2.45) is 21.7 Å². The number of hydrogen-bond donors (Lipinski definition) is 4. The molecule has 1 rings (SSSR count). The van der Waals surface area contributed by atoms with Gasteiger partial charge in [0.1, 0.15) is 5.56 Å². The first kappa shape index (κ1) is 14.2. The molecular formula is C10H14N6O3. The zero-order chi connectivity index (χ0) is 14.6. The van der Waals surface area contributed by atoms with Crippen molar-refractivity contribution >= 4 is 11.7 Å². The molecule has 0 spiro atoms. The Morgan fingerprint density at radius 3 is 2.63 bits per heavy atom. The quantitative estimate of drug-likeness (QED) is 0.224. The Morgan fingerprint density at radius 1 is 1.47 bits per heavy atom. The molecule has 0 radical (unpaired) electrons. The lowest BCUT2D eigenvalue weighted by molar-refractivity contribution is 0.409. The Kier molecular flexibility index (Phi) is 4.24. The summed E-state index contributed by atoms with van der Waals surface area (Å²) in [6.45, 7) is 4.89. The molecule has 19 heavy (non-hydrogen) atoms. The molecule has 1 heterocycles. The number of guanidine groups is 1. The van der Waals surface area contributed by atoms with E-state index in [2.05, 4.69) is 21.8 Å². The smallest absolute Gasteiger partial charge is 0.331 e. The van der Waals surface area contributed by atoms with Crippen molar-refractivity contribution in [3.63, 3.8) is 0 Å². The predicted molar refractivity (Wildman–Crippen MR) is 71.2 cm³/mol. The molecule has 0 atom stereocenters. The third kappa shape index (κ3) is 3.09. The molecule has 102 valence electrons. The first-order valence-corrected chi connectivity index (χ1v) is 5.19. The van der Waals surface area contributed by atoms with Gasteiger partial charge in [-0.1, -0.05) is 6.08 Å². The second kappa shape index (κ2) is 5.67. The number of nitrogens with one attached hydrogen (secondary N) is 1. The number of nitrogens with zero attached hydrogens (tertiary/aromatic N) is 3. The average Bonchev–Trinajstić information content (AvgIpc) is 2.31. The molecule has 0 fully saturated rings. The minimum Gasteiger partial charge on any atom is -0.494 e. The zero-order valence-electron chi connectivity index (χ0n) is 10.3. The molecule has 0 aromatic carbocycles. The monoisotopic (exact) mass is 266 g/mol. The largest absolute Gasteiger partial charge is 0.494 e. The van der Waals surface area contributed by atoms with E-state index in [4.69, 9.17) is 11.5 Å². The third-order valence-electron chi connectivity index (χ3n) is 2.16. The molecule has 0 unspecified atom stereocenters. The summed E-state index contributed by atoms with van der Waals surface area (Å²) in [6, 6.07) is 0. The second-order valence-electron chi connectivity index (χ2n) is 3.57. The van der Waals surface area contributed by atoms with E-state index in [9.17, 15) is 14.7 Å². The molecule has 0 saturated carbocycles. The number of rotatable bonds is 4. The van der Waals surface area contributed by atoms with E-state index in [0.29, 0.717) is 0 Å². The average molecular weight is 266 g/mol. The van der Waals surface area contributed by atoms with Crippen molar-refractivity contribution in [2.45, 2.75) is 13.5 Å². The SMILES string of the molecule is C=CCn1c(O)c(C(C)=NN=C(N)N)c(=O)[nH]c1=O. The summed E-state index contributed by atoms with van der Waals surface area (Å²) in [4.78, 5) is 25.2. The molecule has 0 aliphatic heterocycles. The topological polar surface area (TPSA) is 152 Å². The predicted octanol–water partition coefficient (Wildman–Crippen LogP) is -1.57. The summed E-state index contributed by atoms with van der Waals surface area (Å²) in [5.74, 6) is -0.824. The van der Waals surface area contributed by atoms with Crippen LogP contribution >= 0.6 is 0 Å².